The van der Waals surface area contributed by atoms with Crippen molar-refractivity contribution < 1.29 is 4.39 Å². The first kappa shape index (κ1) is 14.0. The van der Waals surface area contributed by atoms with E-state index in [0.717, 1.165) is 16.5 Å². The lowest BCUT2D eigenvalue weighted by molar-refractivity contribution is 0.591. The summed E-state index contributed by atoms with van der Waals surface area (Å²) in [5, 5.41) is 2.46. The highest BCUT2D eigenvalue weighted by molar-refractivity contribution is 6.30. The molecular formula is C17H14ClFN2. The van der Waals surface area contributed by atoms with E-state index in [9.17, 15) is 4.39 Å². The fourth-order valence-electron chi connectivity index (χ4n) is 2.46. The maximum Gasteiger partial charge on any atom is 0.127 e. The molecule has 2 aromatic carbocycles. The fraction of sp³-hybridized carbons (Fsp3) is 0.118. The van der Waals surface area contributed by atoms with Crippen LogP contribution >= 0.6 is 11.6 Å². The SMILES string of the molecule is NC(Cc1ccc(Cl)cc1F)c1nccc2ccccc12. The van der Waals surface area contributed by atoms with Gasteiger partial charge in [0.05, 0.1) is 11.7 Å². The third-order valence-corrected chi connectivity index (χ3v) is 3.75. The van der Waals surface area contributed by atoms with Crippen LogP contribution in [-0.4, -0.2) is 4.98 Å². The molecule has 2 N–H and O–H groups in total. The Balaban J connectivity index is 1.95. The van der Waals surface area contributed by atoms with Gasteiger partial charge in [0.1, 0.15) is 5.82 Å². The van der Waals surface area contributed by atoms with Gasteiger partial charge in [-0.1, -0.05) is 41.9 Å². The molecule has 3 rings (SSSR count). The molecule has 2 nitrogen and oxygen atoms in total. The van der Waals surface area contributed by atoms with E-state index in [-0.39, 0.29) is 11.9 Å². The molecule has 4 heteroatoms. The standard InChI is InChI=1S/C17H14ClFN2/c18-13-6-5-12(15(19)10-13)9-16(20)17-14-4-2-1-3-11(14)7-8-21-17/h1-8,10,16H,9,20H2. The highest BCUT2D eigenvalue weighted by atomic mass is 35.5. The largest absolute Gasteiger partial charge is 0.322 e. The van der Waals surface area contributed by atoms with Crippen molar-refractivity contribution in [2.45, 2.75) is 12.5 Å². The van der Waals surface area contributed by atoms with Crippen molar-refractivity contribution in [1.29, 1.82) is 0 Å². The molecule has 0 aliphatic rings. The van der Waals surface area contributed by atoms with Gasteiger partial charge in [0.15, 0.2) is 0 Å². The molecule has 1 atom stereocenters. The van der Waals surface area contributed by atoms with E-state index in [1.54, 1.807) is 18.3 Å². The first-order chi connectivity index (χ1) is 10.1. The number of hydrogen-bond acceptors (Lipinski definition) is 2. The molecule has 1 aromatic heterocycles. The summed E-state index contributed by atoms with van der Waals surface area (Å²) in [6.07, 6.45) is 2.11. The second kappa shape index (κ2) is 5.80. The van der Waals surface area contributed by atoms with Gasteiger partial charge in [0.2, 0.25) is 0 Å². The van der Waals surface area contributed by atoms with E-state index < -0.39 is 0 Å². The zero-order valence-corrected chi connectivity index (χ0v) is 12.0. The van der Waals surface area contributed by atoms with Crippen LogP contribution in [0.3, 0.4) is 0 Å². The minimum atomic E-state index is -0.369. The van der Waals surface area contributed by atoms with Gasteiger partial charge in [0, 0.05) is 16.6 Å². The quantitative estimate of drug-likeness (QED) is 0.784. The summed E-state index contributed by atoms with van der Waals surface area (Å²) in [4.78, 5) is 4.38. The van der Waals surface area contributed by atoms with Crippen LogP contribution in [0, 0.1) is 5.82 Å². The van der Waals surface area contributed by atoms with Crippen molar-refractivity contribution in [3.05, 3.63) is 76.8 Å². The monoisotopic (exact) mass is 300 g/mol. The van der Waals surface area contributed by atoms with Crippen molar-refractivity contribution in [2.24, 2.45) is 5.73 Å². The number of nitrogens with two attached hydrogens (primary N) is 1. The highest BCUT2D eigenvalue weighted by Crippen LogP contribution is 2.24. The zero-order chi connectivity index (χ0) is 14.8. The van der Waals surface area contributed by atoms with E-state index >= 15 is 0 Å². The molecule has 21 heavy (non-hydrogen) atoms. The summed E-state index contributed by atoms with van der Waals surface area (Å²) in [7, 11) is 0. The maximum atomic E-state index is 13.9. The van der Waals surface area contributed by atoms with E-state index in [1.165, 1.54) is 6.07 Å². The van der Waals surface area contributed by atoms with Gasteiger partial charge in [-0.3, -0.25) is 4.98 Å². The van der Waals surface area contributed by atoms with Crippen LogP contribution in [0.2, 0.25) is 5.02 Å². The summed E-state index contributed by atoms with van der Waals surface area (Å²) >= 11 is 5.77. The Labute approximate surface area is 127 Å². The zero-order valence-electron chi connectivity index (χ0n) is 11.3. The van der Waals surface area contributed by atoms with Crippen molar-refractivity contribution >= 4 is 22.4 Å². The third kappa shape index (κ3) is 2.89. The Kier molecular flexibility index (Phi) is 3.86. The number of aromatic nitrogens is 1. The number of hydrogen-bond donors (Lipinski definition) is 1. The summed E-state index contributed by atoms with van der Waals surface area (Å²) in [6, 6.07) is 14.1. The van der Waals surface area contributed by atoms with E-state index in [2.05, 4.69) is 4.98 Å². The highest BCUT2D eigenvalue weighted by Gasteiger charge is 2.14. The van der Waals surface area contributed by atoms with Gasteiger partial charge < -0.3 is 5.73 Å². The molecule has 0 aliphatic heterocycles. The molecule has 0 saturated heterocycles. The smallest absolute Gasteiger partial charge is 0.127 e. The number of pyridine rings is 1. The molecule has 1 unspecified atom stereocenters. The van der Waals surface area contributed by atoms with Crippen LogP contribution in [0.25, 0.3) is 10.8 Å². The Bertz CT molecular complexity index is 783. The molecule has 1 heterocycles. The minimum absolute atomic E-state index is 0.335. The molecule has 0 saturated carbocycles. The maximum absolute atomic E-state index is 13.9. The van der Waals surface area contributed by atoms with Gasteiger partial charge in [-0.25, -0.2) is 4.39 Å². The second-order valence-electron chi connectivity index (χ2n) is 4.96. The number of halogens is 2. The first-order valence-electron chi connectivity index (χ1n) is 6.68. The molecular weight excluding hydrogens is 287 g/mol. The van der Waals surface area contributed by atoms with Crippen LogP contribution in [0.15, 0.2) is 54.7 Å². The summed E-state index contributed by atoms with van der Waals surface area (Å²) < 4.78 is 13.9. The average Bonchev–Trinajstić information content (AvgIpc) is 2.49. The Morgan fingerprint density at radius 1 is 1.14 bits per heavy atom. The van der Waals surface area contributed by atoms with E-state index in [4.69, 9.17) is 17.3 Å². The molecule has 0 amide bonds. The van der Waals surface area contributed by atoms with Crippen LogP contribution in [0.4, 0.5) is 4.39 Å². The van der Waals surface area contributed by atoms with Crippen LogP contribution in [-0.2, 0) is 6.42 Å². The van der Waals surface area contributed by atoms with Crippen LogP contribution < -0.4 is 5.73 Å². The van der Waals surface area contributed by atoms with Crippen molar-refractivity contribution in [1.82, 2.24) is 4.98 Å². The summed E-state index contributed by atoms with van der Waals surface area (Å²) in [6.45, 7) is 0. The molecule has 0 fully saturated rings. The average molecular weight is 301 g/mol. The normalized spacial score (nSPS) is 12.5. The molecule has 0 bridgehead atoms. The lowest BCUT2D eigenvalue weighted by Crippen LogP contribution is -2.16. The van der Waals surface area contributed by atoms with Crippen LogP contribution in [0.1, 0.15) is 17.3 Å². The predicted molar refractivity (Wildman–Crippen MR) is 83.8 cm³/mol. The van der Waals surface area contributed by atoms with E-state index in [1.807, 2.05) is 30.3 Å². The van der Waals surface area contributed by atoms with Gasteiger partial charge in [-0.2, -0.15) is 0 Å². The van der Waals surface area contributed by atoms with Gasteiger partial charge in [0.25, 0.3) is 0 Å². The summed E-state index contributed by atoms with van der Waals surface area (Å²) in [5.41, 5.74) is 7.56. The third-order valence-electron chi connectivity index (χ3n) is 3.51. The Hall–Kier alpha value is -1.97. The van der Waals surface area contributed by atoms with Gasteiger partial charge in [-0.15, -0.1) is 0 Å². The molecule has 0 aliphatic carbocycles. The molecule has 0 radical (unpaired) electrons. The van der Waals surface area contributed by atoms with Gasteiger partial charge >= 0.3 is 0 Å². The number of fused-ring (bicyclic) bond motifs is 1. The number of rotatable bonds is 3. The molecule has 106 valence electrons. The van der Waals surface area contributed by atoms with Crippen molar-refractivity contribution in [3.63, 3.8) is 0 Å². The topological polar surface area (TPSA) is 38.9 Å². The predicted octanol–water partition coefficient (Wildman–Crippen LogP) is 4.27. The first-order valence-corrected chi connectivity index (χ1v) is 7.06. The van der Waals surface area contributed by atoms with Crippen molar-refractivity contribution in [2.75, 3.05) is 0 Å². The molecule has 3 aromatic rings. The van der Waals surface area contributed by atoms with E-state index in [0.29, 0.717) is 17.0 Å². The molecule has 0 spiro atoms. The fourth-order valence-corrected chi connectivity index (χ4v) is 2.62. The minimum Gasteiger partial charge on any atom is -0.322 e. The van der Waals surface area contributed by atoms with Crippen molar-refractivity contribution in [3.8, 4) is 0 Å². The second-order valence-corrected chi connectivity index (χ2v) is 5.40. The lowest BCUT2D eigenvalue weighted by Gasteiger charge is -2.14. The lowest BCUT2D eigenvalue weighted by atomic mass is 9.99. The Morgan fingerprint density at radius 3 is 2.76 bits per heavy atom. The number of nitrogens with zero attached hydrogens (tertiary/aromatic N) is 1. The number of benzene rings is 2. The summed E-state index contributed by atoms with van der Waals surface area (Å²) in [5.74, 6) is -0.335. The Morgan fingerprint density at radius 2 is 1.95 bits per heavy atom. The van der Waals surface area contributed by atoms with Crippen LogP contribution in [0.5, 0.6) is 0 Å². The van der Waals surface area contributed by atoms with Gasteiger partial charge in [-0.05, 0) is 35.6 Å².